The minimum Gasteiger partial charge on any atom is -0.325 e. The number of sulfonamides is 1. The Kier molecular flexibility index (Phi) is 2.79. The van der Waals surface area contributed by atoms with Gasteiger partial charge in [-0.1, -0.05) is 0 Å². The van der Waals surface area contributed by atoms with Gasteiger partial charge in [0.05, 0.1) is 0 Å². The first-order chi connectivity index (χ1) is 6.59. The maximum atomic E-state index is 12.0. The van der Waals surface area contributed by atoms with Crippen LogP contribution in [-0.2, 0) is 16.6 Å². The molecule has 0 saturated carbocycles. The van der Waals surface area contributed by atoms with E-state index in [2.05, 4.69) is 4.98 Å². The molecule has 2 N–H and O–H groups in total. The van der Waals surface area contributed by atoms with Crippen LogP contribution in [0.4, 0.5) is 13.2 Å². The molecule has 0 aliphatic rings. The second-order valence-electron chi connectivity index (χ2n) is 2.91. The van der Waals surface area contributed by atoms with Gasteiger partial charge in [-0.3, -0.25) is 0 Å². The minimum atomic E-state index is -4.43. The summed E-state index contributed by atoms with van der Waals surface area (Å²) in [4.78, 5) is 3.42. The van der Waals surface area contributed by atoms with Crippen molar-refractivity contribution >= 4 is 10.0 Å². The molecule has 0 aliphatic heterocycles. The molecule has 0 atom stereocenters. The molecule has 5 nitrogen and oxygen atoms in total. The molecule has 0 radical (unpaired) electrons. The predicted molar refractivity (Wildman–Crippen MR) is 44.4 cm³/mol. The van der Waals surface area contributed by atoms with Gasteiger partial charge in [0.25, 0.3) is 10.0 Å². The number of rotatable bonds is 2. The molecule has 0 unspecified atom stereocenters. The zero-order valence-corrected chi connectivity index (χ0v) is 8.43. The van der Waals surface area contributed by atoms with Crippen LogP contribution in [0.5, 0.6) is 0 Å². The molecule has 1 aromatic rings. The molecule has 0 saturated heterocycles. The molecule has 0 spiro atoms. The number of aryl methyl sites for hydroxylation is 1. The monoisotopic (exact) mass is 243 g/mol. The number of nitrogens with two attached hydrogens (primary N) is 1. The summed E-state index contributed by atoms with van der Waals surface area (Å²) >= 11 is 0. The molecule has 0 amide bonds. The van der Waals surface area contributed by atoms with Gasteiger partial charge >= 0.3 is 6.18 Å². The lowest BCUT2D eigenvalue weighted by Crippen LogP contribution is -2.18. The Labute approximate surface area is 83.8 Å². The third-order valence-electron chi connectivity index (χ3n) is 1.60. The smallest absolute Gasteiger partial charge is 0.325 e. The summed E-state index contributed by atoms with van der Waals surface area (Å²) in [6.07, 6.45) is -3.67. The van der Waals surface area contributed by atoms with E-state index in [4.69, 9.17) is 5.14 Å². The average Bonchev–Trinajstić information content (AvgIpc) is 2.27. The molecule has 1 aromatic heterocycles. The number of halogens is 3. The van der Waals surface area contributed by atoms with Crippen LogP contribution < -0.4 is 5.14 Å². The van der Waals surface area contributed by atoms with Gasteiger partial charge in [0.2, 0.25) is 0 Å². The number of alkyl halides is 3. The summed E-state index contributed by atoms with van der Waals surface area (Å²) in [6.45, 7) is -0.0260. The number of primary sulfonamides is 1. The molecule has 0 aromatic carbocycles. The first kappa shape index (κ1) is 12.0. The van der Waals surface area contributed by atoms with Crippen LogP contribution in [0, 0.1) is 6.92 Å². The highest BCUT2D eigenvalue weighted by Crippen LogP contribution is 2.19. The van der Waals surface area contributed by atoms with Gasteiger partial charge in [0.15, 0.2) is 5.03 Å². The maximum absolute atomic E-state index is 12.0. The van der Waals surface area contributed by atoms with Crippen LogP contribution in [0.1, 0.15) is 5.82 Å². The third-order valence-corrected chi connectivity index (χ3v) is 2.37. The van der Waals surface area contributed by atoms with E-state index in [1.807, 2.05) is 0 Å². The van der Waals surface area contributed by atoms with Crippen LogP contribution in [0.3, 0.4) is 0 Å². The molecule has 86 valence electrons. The van der Waals surface area contributed by atoms with Crippen LogP contribution in [-0.4, -0.2) is 24.1 Å². The van der Waals surface area contributed by atoms with E-state index in [9.17, 15) is 21.6 Å². The normalized spacial score (nSPS) is 13.1. The van der Waals surface area contributed by atoms with Crippen LogP contribution >= 0.6 is 0 Å². The van der Waals surface area contributed by atoms with Gasteiger partial charge in [-0.15, -0.1) is 0 Å². The lowest BCUT2D eigenvalue weighted by atomic mass is 10.6. The number of nitrogens with zero attached hydrogens (tertiary/aromatic N) is 2. The molecule has 0 bridgehead atoms. The quantitative estimate of drug-likeness (QED) is 0.816. The molecule has 1 rings (SSSR count). The van der Waals surface area contributed by atoms with Crippen molar-refractivity contribution in [2.75, 3.05) is 0 Å². The van der Waals surface area contributed by atoms with Crippen molar-refractivity contribution in [1.29, 1.82) is 0 Å². The first-order valence-electron chi connectivity index (χ1n) is 3.73. The maximum Gasteiger partial charge on any atom is 0.406 e. The second-order valence-corrected chi connectivity index (χ2v) is 4.42. The standard InChI is InChI=1S/C6H8F3N3O2S/c1-4-11-5(15(10,13)14)2-12(4)3-6(7,8)9/h2H,3H2,1H3,(H2,10,13,14). The average molecular weight is 243 g/mol. The van der Waals surface area contributed by atoms with E-state index in [1.54, 1.807) is 0 Å². The Balaban J connectivity index is 3.08. The highest BCUT2D eigenvalue weighted by atomic mass is 32.2. The summed E-state index contributed by atoms with van der Waals surface area (Å²) in [5.41, 5.74) is 0. The number of hydrogen-bond donors (Lipinski definition) is 1. The fraction of sp³-hybridized carbons (Fsp3) is 0.500. The van der Waals surface area contributed by atoms with Gasteiger partial charge < -0.3 is 4.57 Å². The predicted octanol–water partition coefficient (Wildman–Crippen LogP) is 0.401. The Morgan fingerprint density at radius 2 is 2.07 bits per heavy atom. The van der Waals surface area contributed by atoms with E-state index in [-0.39, 0.29) is 5.82 Å². The van der Waals surface area contributed by atoms with E-state index in [1.165, 1.54) is 6.92 Å². The van der Waals surface area contributed by atoms with Crippen molar-refractivity contribution in [1.82, 2.24) is 9.55 Å². The van der Waals surface area contributed by atoms with Gasteiger partial charge in [-0.05, 0) is 6.92 Å². The Morgan fingerprint density at radius 3 is 2.40 bits per heavy atom. The van der Waals surface area contributed by atoms with Crippen molar-refractivity contribution in [3.63, 3.8) is 0 Å². The van der Waals surface area contributed by atoms with Crippen molar-refractivity contribution < 1.29 is 21.6 Å². The third kappa shape index (κ3) is 3.20. The summed E-state index contributed by atoms with van der Waals surface area (Å²) in [5.74, 6) is -0.0589. The zero-order valence-electron chi connectivity index (χ0n) is 7.61. The lowest BCUT2D eigenvalue weighted by molar-refractivity contribution is -0.141. The fourth-order valence-electron chi connectivity index (χ4n) is 0.970. The molecule has 15 heavy (non-hydrogen) atoms. The largest absolute Gasteiger partial charge is 0.406 e. The van der Waals surface area contributed by atoms with E-state index in [0.717, 1.165) is 6.20 Å². The lowest BCUT2D eigenvalue weighted by Gasteiger charge is -2.07. The van der Waals surface area contributed by atoms with Crippen molar-refractivity contribution in [2.45, 2.75) is 24.7 Å². The van der Waals surface area contributed by atoms with Gasteiger partial charge in [0, 0.05) is 6.20 Å². The highest BCUT2D eigenvalue weighted by Gasteiger charge is 2.29. The molecule has 9 heteroatoms. The zero-order chi connectivity index (χ0) is 11.9. The second kappa shape index (κ2) is 3.49. The van der Waals surface area contributed by atoms with Crippen molar-refractivity contribution in [3.05, 3.63) is 12.0 Å². The van der Waals surface area contributed by atoms with Gasteiger partial charge in [-0.2, -0.15) is 13.2 Å². The Morgan fingerprint density at radius 1 is 1.53 bits per heavy atom. The Hall–Kier alpha value is -1.09. The Bertz CT molecular complexity index is 462. The minimum absolute atomic E-state index is 0.0589. The summed E-state index contributed by atoms with van der Waals surface area (Å²) in [6, 6.07) is 0. The van der Waals surface area contributed by atoms with Crippen LogP contribution in [0.15, 0.2) is 11.2 Å². The SMILES string of the molecule is Cc1nc(S(N)(=O)=O)cn1CC(F)(F)F. The summed E-state index contributed by atoms with van der Waals surface area (Å²) in [5, 5.41) is 4.15. The van der Waals surface area contributed by atoms with E-state index in [0.29, 0.717) is 4.57 Å². The molecule has 0 aliphatic carbocycles. The van der Waals surface area contributed by atoms with Crippen LogP contribution in [0.2, 0.25) is 0 Å². The molecule has 1 heterocycles. The topological polar surface area (TPSA) is 78.0 Å². The summed E-state index contributed by atoms with van der Waals surface area (Å²) < 4.78 is 58.2. The summed E-state index contributed by atoms with van der Waals surface area (Å²) in [7, 11) is -4.06. The highest BCUT2D eigenvalue weighted by molar-refractivity contribution is 7.89. The number of imidazole rings is 1. The van der Waals surface area contributed by atoms with Gasteiger partial charge in [-0.25, -0.2) is 18.5 Å². The molecular formula is C6H8F3N3O2S. The fourth-order valence-corrected chi connectivity index (χ4v) is 1.50. The van der Waals surface area contributed by atoms with Crippen molar-refractivity contribution in [3.8, 4) is 0 Å². The number of aromatic nitrogens is 2. The van der Waals surface area contributed by atoms with Gasteiger partial charge in [0.1, 0.15) is 12.4 Å². The number of hydrogen-bond acceptors (Lipinski definition) is 3. The molecule has 0 fully saturated rings. The first-order valence-corrected chi connectivity index (χ1v) is 5.27. The van der Waals surface area contributed by atoms with Crippen molar-refractivity contribution in [2.24, 2.45) is 5.14 Å². The van der Waals surface area contributed by atoms with Crippen LogP contribution in [0.25, 0.3) is 0 Å². The molecular weight excluding hydrogens is 235 g/mol. The van der Waals surface area contributed by atoms with E-state index >= 15 is 0 Å². The van der Waals surface area contributed by atoms with E-state index < -0.39 is 27.8 Å².